The van der Waals surface area contributed by atoms with Crippen molar-refractivity contribution in [1.82, 2.24) is 9.78 Å². The Kier molecular flexibility index (Phi) is 4.93. The Hall–Kier alpha value is -1.92. The first kappa shape index (κ1) is 16.0. The van der Waals surface area contributed by atoms with Crippen molar-refractivity contribution in [3.63, 3.8) is 0 Å². The van der Waals surface area contributed by atoms with Crippen LogP contribution in [0.5, 0.6) is 0 Å². The van der Waals surface area contributed by atoms with Gasteiger partial charge >= 0.3 is 0 Å². The standard InChI is InChI=1S/C17H16BrN3OS/c1-12-10-16(19-17(22)8-7-15-6-3-9-23-15)21(20-12)14-5-2-4-13(18)11-14/h2-6,9-11H,7-8H2,1H3,(H,19,22). The fourth-order valence-corrected chi connectivity index (χ4v) is 3.39. The number of amides is 1. The zero-order chi connectivity index (χ0) is 16.2. The number of halogens is 1. The summed E-state index contributed by atoms with van der Waals surface area (Å²) in [6.07, 6.45) is 1.22. The molecule has 3 rings (SSSR count). The molecule has 0 radical (unpaired) electrons. The first-order valence-corrected chi connectivity index (χ1v) is 8.94. The van der Waals surface area contributed by atoms with Crippen LogP contribution >= 0.6 is 27.3 Å². The first-order chi connectivity index (χ1) is 11.1. The highest BCUT2D eigenvalue weighted by Gasteiger charge is 2.11. The quantitative estimate of drug-likeness (QED) is 0.694. The van der Waals surface area contributed by atoms with E-state index >= 15 is 0 Å². The summed E-state index contributed by atoms with van der Waals surface area (Å²) in [7, 11) is 0. The van der Waals surface area contributed by atoms with Crippen LogP contribution in [0, 0.1) is 6.92 Å². The Morgan fingerprint density at radius 2 is 2.17 bits per heavy atom. The maximum absolute atomic E-state index is 12.2. The molecule has 0 saturated carbocycles. The minimum absolute atomic E-state index is 0.00505. The number of nitrogens with one attached hydrogen (secondary N) is 1. The molecule has 1 aromatic carbocycles. The van der Waals surface area contributed by atoms with Crippen LogP contribution in [0.15, 0.2) is 52.3 Å². The highest BCUT2D eigenvalue weighted by Crippen LogP contribution is 2.21. The van der Waals surface area contributed by atoms with Crippen molar-refractivity contribution in [2.45, 2.75) is 19.8 Å². The van der Waals surface area contributed by atoms with E-state index in [2.05, 4.69) is 26.3 Å². The van der Waals surface area contributed by atoms with Crippen molar-refractivity contribution in [3.8, 4) is 5.69 Å². The van der Waals surface area contributed by atoms with Crippen LogP contribution in [0.2, 0.25) is 0 Å². The molecule has 4 nitrogen and oxygen atoms in total. The Balaban J connectivity index is 1.74. The second-order valence-electron chi connectivity index (χ2n) is 5.19. The van der Waals surface area contributed by atoms with Gasteiger partial charge in [0.25, 0.3) is 0 Å². The van der Waals surface area contributed by atoms with E-state index in [9.17, 15) is 4.79 Å². The SMILES string of the molecule is Cc1cc(NC(=O)CCc2cccs2)n(-c2cccc(Br)c2)n1. The van der Waals surface area contributed by atoms with E-state index < -0.39 is 0 Å². The van der Waals surface area contributed by atoms with Gasteiger partial charge in [-0.2, -0.15) is 5.10 Å². The molecule has 3 aromatic rings. The highest BCUT2D eigenvalue weighted by molar-refractivity contribution is 9.10. The topological polar surface area (TPSA) is 46.9 Å². The van der Waals surface area contributed by atoms with Gasteiger partial charge in [-0.3, -0.25) is 4.79 Å². The third kappa shape index (κ3) is 4.09. The molecule has 0 fully saturated rings. The summed E-state index contributed by atoms with van der Waals surface area (Å²) in [4.78, 5) is 13.4. The van der Waals surface area contributed by atoms with Crippen molar-refractivity contribution in [1.29, 1.82) is 0 Å². The van der Waals surface area contributed by atoms with Gasteiger partial charge in [0.2, 0.25) is 5.91 Å². The summed E-state index contributed by atoms with van der Waals surface area (Å²) < 4.78 is 2.72. The predicted molar refractivity (Wildman–Crippen MR) is 97.3 cm³/mol. The maximum Gasteiger partial charge on any atom is 0.225 e. The van der Waals surface area contributed by atoms with E-state index in [0.29, 0.717) is 12.2 Å². The van der Waals surface area contributed by atoms with Crippen LogP contribution in [0.3, 0.4) is 0 Å². The highest BCUT2D eigenvalue weighted by atomic mass is 79.9. The number of hydrogen-bond donors (Lipinski definition) is 1. The molecule has 2 aromatic heterocycles. The zero-order valence-corrected chi connectivity index (χ0v) is 15.0. The lowest BCUT2D eigenvalue weighted by molar-refractivity contribution is -0.116. The van der Waals surface area contributed by atoms with Gasteiger partial charge in [-0.25, -0.2) is 4.68 Å². The summed E-state index contributed by atoms with van der Waals surface area (Å²) in [5.74, 6) is 0.686. The molecule has 2 heterocycles. The van der Waals surface area contributed by atoms with Gasteiger partial charge in [0.15, 0.2) is 0 Å². The molecule has 0 aliphatic rings. The second-order valence-corrected chi connectivity index (χ2v) is 7.14. The molecule has 1 amide bonds. The Bertz CT molecular complexity index is 811. The van der Waals surface area contributed by atoms with Gasteiger partial charge in [0.05, 0.1) is 11.4 Å². The van der Waals surface area contributed by atoms with E-state index in [1.807, 2.05) is 54.8 Å². The number of aromatic nitrogens is 2. The number of rotatable bonds is 5. The van der Waals surface area contributed by atoms with Gasteiger partial charge in [0, 0.05) is 21.8 Å². The average molecular weight is 390 g/mol. The van der Waals surface area contributed by atoms with Crippen LogP contribution in [0.25, 0.3) is 5.69 Å². The number of benzene rings is 1. The van der Waals surface area contributed by atoms with Crippen LogP contribution < -0.4 is 5.32 Å². The summed E-state index contributed by atoms with van der Waals surface area (Å²) >= 11 is 5.14. The number of nitrogens with zero attached hydrogens (tertiary/aromatic N) is 2. The van der Waals surface area contributed by atoms with Crippen molar-refractivity contribution >= 4 is 39.0 Å². The number of aryl methyl sites for hydroxylation is 2. The first-order valence-electron chi connectivity index (χ1n) is 7.26. The number of carbonyl (C=O) groups excluding carboxylic acids is 1. The lowest BCUT2D eigenvalue weighted by Gasteiger charge is -2.09. The molecule has 0 bridgehead atoms. The number of carbonyl (C=O) groups is 1. The normalized spacial score (nSPS) is 10.7. The van der Waals surface area contributed by atoms with E-state index in [0.717, 1.165) is 22.3 Å². The van der Waals surface area contributed by atoms with Crippen LogP contribution in [0.4, 0.5) is 5.82 Å². The molecule has 0 atom stereocenters. The molecule has 0 aliphatic carbocycles. The number of thiophene rings is 1. The molecule has 0 spiro atoms. The zero-order valence-electron chi connectivity index (χ0n) is 12.6. The fraction of sp³-hybridized carbons (Fsp3) is 0.176. The van der Waals surface area contributed by atoms with Crippen molar-refractivity contribution in [2.75, 3.05) is 5.32 Å². The molecular formula is C17H16BrN3OS. The molecule has 1 N–H and O–H groups in total. The second kappa shape index (κ2) is 7.10. The molecule has 6 heteroatoms. The molecule has 0 aliphatic heterocycles. The fourth-order valence-electron chi connectivity index (χ4n) is 2.29. The maximum atomic E-state index is 12.2. The molecular weight excluding hydrogens is 374 g/mol. The van der Waals surface area contributed by atoms with Crippen LogP contribution in [-0.4, -0.2) is 15.7 Å². The molecule has 23 heavy (non-hydrogen) atoms. The van der Waals surface area contributed by atoms with E-state index in [-0.39, 0.29) is 5.91 Å². The van der Waals surface area contributed by atoms with Gasteiger partial charge in [-0.05, 0) is 43.0 Å². The van der Waals surface area contributed by atoms with Gasteiger partial charge in [-0.1, -0.05) is 28.1 Å². The Morgan fingerprint density at radius 1 is 1.30 bits per heavy atom. The minimum Gasteiger partial charge on any atom is -0.311 e. The third-order valence-corrected chi connectivity index (χ3v) is 4.76. The number of anilines is 1. The van der Waals surface area contributed by atoms with Crippen molar-refractivity contribution < 1.29 is 4.79 Å². The summed E-state index contributed by atoms with van der Waals surface area (Å²) in [5, 5.41) is 9.46. The monoisotopic (exact) mass is 389 g/mol. The minimum atomic E-state index is -0.00505. The average Bonchev–Trinajstić information content (AvgIpc) is 3.15. The predicted octanol–water partition coefficient (Wildman–Crippen LogP) is 4.58. The summed E-state index contributed by atoms with van der Waals surface area (Å²) in [5.41, 5.74) is 1.76. The summed E-state index contributed by atoms with van der Waals surface area (Å²) in [6, 6.07) is 13.8. The van der Waals surface area contributed by atoms with Crippen molar-refractivity contribution in [2.24, 2.45) is 0 Å². The third-order valence-electron chi connectivity index (χ3n) is 3.33. The van der Waals surface area contributed by atoms with E-state index in [4.69, 9.17) is 0 Å². The largest absolute Gasteiger partial charge is 0.311 e. The van der Waals surface area contributed by atoms with Gasteiger partial charge in [-0.15, -0.1) is 11.3 Å². The van der Waals surface area contributed by atoms with Crippen molar-refractivity contribution in [3.05, 3.63) is 62.9 Å². The van der Waals surface area contributed by atoms with Gasteiger partial charge < -0.3 is 5.32 Å². The Morgan fingerprint density at radius 3 is 2.91 bits per heavy atom. The van der Waals surface area contributed by atoms with E-state index in [1.54, 1.807) is 16.0 Å². The smallest absolute Gasteiger partial charge is 0.225 e. The Labute approximate surface area is 147 Å². The lowest BCUT2D eigenvalue weighted by Crippen LogP contribution is -2.15. The van der Waals surface area contributed by atoms with Crippen LogP contribution in [0.1, 0.15) is 17.0 Å². The van der Waals surface area contributed by atoms with Crippen LogP contribution in [-0.2, 0) is 11.2 Å². The van der Waals surface area contributed by atoms with E-state index in [1.165, 1.54) is 4.88 Å². The lowest BCUT2D eigenvalue weighted by atomic mass is 10.2. The molecule has 0 saturated heterocycles. The molecule has 0 unspecified atom stereocenters. The molecule has 118 valence electrons. The van der Waals surface area contributed by atoms with Gasteiger partial charge in [0.1, 0.15) is 5.82 Å². The number of hydrogen-bond acceptors (Lipinski definition) is 3. The summed E-state index contributed by atoms with van der Waals surface area (Å²) in [6.45, 7) is 1.91.